The topological polar surface area (TPSA) is 43.4 Å². The highest BCUT2D eigenvalue weighted by Crippen LogP contribution is 2.16. The molecule has 35 heavy (non-hydrogen) atoms. The molecule has 0 fully saturated rings. The Morgan fingerprint density at radius 2 is 0.971 bits per heavy atom. The quantitative estimate of drug-likeness (QED) is 0.212. The number of carbonyl (C=O) groups excluding carboxylic acids is 2. The van der Waals surface area contributed by atoms with Gasteiger partial charge in [0.05, 0.1) is 0 Å². The van der Waals surface area contributed by atoms with Gasteiger partial charge in [-0.3, -0.25) is 9.59 Å². The molecule has 0 saturated heterocycles. The summed E-state index contributed by atoms with van der Waals surface area (Å²) >= 11 is 0. The Labute approximate surface area is 207 Å². The molecule has 4 rings (SSSR count). The van der Waals surface area contributed by atoms with Crippen LogP contribution < -0.4 is 4.74 Å². The van der Waals surface area contributed by atoms with Gasteiger partial charge in [-0.2, -0.15) is 0 Å². The van der Waals surface area contributed by atoms with Gasteiger partial charge in [-0.1, -0.05) is 96.6 Å². The Hall–Kier alpha value is -4.24. The molecule has 0 bridgehead atoms. The van der Waals surface area contributed by atoms with Crippen LogP contribution in [0.5, 0.6) is 5.75 Å². The summed E-state index contributed by atoms with van der Waals surface area (Å²) in [6, 6.07) is 31.7. The molecule has 0 aliphatic carbocycles. The highest BCUT2D eigenvalue weighted by molar-refractivity contribution is 6.09. The molecule has 0 radical (unpaired) electrons. The van der Waals surface area contributed by atoms with Gasteiger partial charge in [-0.05, 0) is 50.6 Å². The van der Waals surface area contributed by atoms with E-state index in [1.54, 1.807) is 24.3 Å². The maximum Gasteiger partial charge on any atom is 0.193 e. The number of hydrogen-bond donors (Lipinski definition) is 0. The maximum atomic E-state index is 12.2. The smallest absolute Gasteiger partial charge is 0.193 e. The third-order valence-corrected chi connectivity index (χ3v) is 5.27. The van der Waals surface area contributed by atoms with E-state index >= 15 is 0 Å². The second kappa shape index (κ2) is 12.3. The minimum absolute atomic E-state index is 0.0204. The lowest BCUT2D eigenvalue weighted by molar-refractivity contribution is 0.103. The largest absolute Gasteiger partial charge is 0.489 e. The van der Waals surface area contributed by atoms with Gasteiger partial charge in [0, 0.05) is 22.3 Å². The molecule has 0 atom stereocenters. The monoisotopic (exact) mass is 462 g/mol. The van der Waals surface area contributed by atoms with Crippen LogP contribution in [0.25, 0.3) is 0 Å². The first-order valence-electron chi connectivity index (χ1n) is 11.5. The van der Waals surface area contributed by atoms with Gasteiger partial charge in [0.25, 0.3) is 0 Å². The average Bonchev–Trinajstić information content (AvgIpc) is 2.89. The summed E-state index contributed by atoms with van der Waals surface area (Å²) in [4.78, 5) is 24.2. The zero-order valence-corrected chi connectivity index (χ0v) is 20.5. The summed E-state index contributed by atoms with van der Waals surface area (Å²) in [6.07, 6.45) is 0. The van der Waals surface area contributed by atoms with E-state index in [4.69, 9.17) is 4.74 Å². The van der Waals surface area contributed by atoms with Crippen LogP contribution >= 0.6 is 0 Å². The van der Waals surface area contributed by atoms with Crippen molar-refractivity contribution in [1.82, 2.24) is 0 Å². The van der Waals surface area contributed by atoms with Crippen molar-refractivity contribution in [3.63, 3.8) is 0 Å². The Morgan fingerprint density at radius 1 is 0.600 bits per heavy atom. The van der Waals surface area contributed by atoms with E-state index in [0.717, 1.165) is 22.4 Å². The van der Waals surface area contributed by atoms with Gasteiger partial charge in [0.1, 0.15) is 12.4 Å². The molecule has 4 aromatic rings. The molecule has 0 spiro atoms. The maximum absolute atomic E-state index is 12.2. The summed E-state index contributed by atoms with van der Waals surface area (Å²) in [6.45, 7) is 10.2. The van der Waals surface area contributed by atoms with Crippen molar-refractivity contribution in [3.8, 4) is 5.75 Å². The fraction of sp³-hybridized carbons (Fsp3) is 0.125. The van der Waals surface area contributed by atoms with Crippen molar-refractivity contribution in [2.24, 2.45) is 0 Å². The number of ketones is 2. The zero-order valence-electron chi connectivity index (χ0n) is 20.5. The zero-order chi connectivity index (χ0) is 25.2. The lowest BCUT2D eigenvalue weighted by Crippen LogP contribution is -2.01. The fourth-order valence-electron chi connectivity index (χ4n) is 3.24. The molecule has 4 aromatic carbocycles. The van der Waals surface area contributed by atoms with Crippen LogP contribution in [0.3, 0.4) is 0 Å². The number of benzene rings is 4. The highest BCUT2D eigenvalue weighted by Gasteiger charge is 2.09. The number of rotatable bonds is 7. The summed E-state index contributed by atoms with van der Waals surface area (Å²) in [7, 11) is 0. The standard InChI is InChI=1S/C17H16O2.C15H14O/c1-13(2)12-19-16-10-8-15(9-11-16)17(18)14-6-4-3-5-7-14;1-11-3-7-13(8-4-11)15(16)14-9-5-12(2)6-10-14/h3-11H,1,12H2,2H3;3-10H,1-2H3. The van der Waals surface area contributed by atoms with E-state index in [1.807, 2.05) is 99.6 Å². The number of aryl methyl sites for hydroxylation is 2. The van der Waals surface area contributed by atoms with Crippen LogP contribution in [0, 0.1) is 13.8 Å². The molecule has 0 saturated carbocycles. The van der Waals surface area contributed by atoms with E-state index in [2.05, 4.69) is 6.58 Å². The third-order valence-electron chi connectivity index (χ3n) is 5.27. The van der Waals surface area contributed by atoms with Crippen molar-refractivity contribution >= 4 is 11.6 Å². The molecule has 0 N–H and O–H groups in total. The summed E-state index contributed by atoms with van der Waals surface area (Å²) in [5, 5.41) is 0. The Balaban J connectivity index is 0.000000198. The van der Waals surface area contributed by atoms with Gasteiger partial charge >= 0.3 is 0 Å². The summed E-state index contributed by atoms with van der Waals surface area (Å²) in [5.41, 5.74) is 6.14. The Bertz CT molecular complexity index is 1220. The van der Waals surface area contributed by atoms with Crippen molar-refractivity contribution in [3.05, 3.63) is 149 Å². The number of ether oxygens (including phenoxy) is 1. The number of carbonyl (C=O) groups is 2. The summed E-state index contributed by atoms with van der Waals surface area (Å²) < 4.78 is 5.50. The lowest BCUT2D eigenvalue weighted by Gasteiger charge is -2.06. The highest BCUT2D eigenvalue weighted by atomic mass is 16.5. The predicted molar refractivity (Wildman–Crippen MR) is 142 cm³/mol. The molecular weight excluding hydrogens is 432 g/mol. The van der Waals surface area contributed by atoms with Gasteiger partial charge in [-0.25, -0.2) is 0 Å². The lowest BCUT2D eigenvalue weighted by atomic mass is 10.0. The van der Waals surface area contributed by atoms with Crippen LogP contribution in [-0.2, 0) is 0 Å². The first-order valence-corrected chi connectivity index (χ1v) is 11.5. The molecule has 0 amide bonds. The van der Waals surface area contributed by atoms with Crippen molar-refractivity contribution < 1.29 is 14.3 Å². The van der Waals surface area contributed by atoms with E-state index in [9.17, 15) is 9.59 Å². The van der Waals surface area contributed by atoms with Gasteiger partial charge in [0.15, 0.2) is 11.6 Å². The van der Waals surface area contributed by atoms with E-state index in [0.29, 0.717) is 17.7 Å². The third kappa shape index (κ3) is 7.65. The molecule has 0 aliphatic rings. The van der Waals surface area contributed by atoms with E-state index in [1.165, 1.54) is 11.1 Å². The first-order chi connectivity index (χ1) is 16.8. The number of hydrogen-bond acceptors (Lipinski definition) is 3. The molecule has 3 heteroatoms. The van der Waals surface area contributed by atoms with Crippen molar-refractivity contribution in [1.29, 1.82) is 0 Å². The van der Waals surface area contributed by atoms with Gasteiger partial charge in [0.2, 0.25) is 0 Å². The van der Waals surface area contributed by atoms with Crippen LogP contribution in [0.2, 0.25) is 0 Å². The SMILES string of the molecule is C=C(C)COc1ccc(C(=O)c2ccccc2)cc1.Cc1ccc(C(=O)c2ccc(C)cc2)cc1. The van der Waals surface area contributed by atoms with E-state index in [-0.39, 0.29) is 11.6 Å². The molecule has 0 aromatic heterocycles. The summed E-state index contributed by atoms with van der Waals surface area (Å²) in [5.74, 6) is 0.847. The molecule has 0 aliphatic heterocycles. The normalized spacial score (nSPS) is 10.0. The second-order valence-corrected chi connectivity index (χ2v) is 8.53. The Morgan fingerprint density at radius 3 is 1.37 bits per heavy atom. The molecule has 176 valence electrons. The minimum atomic E-state index is 0.0204. The Kier molecular flexibility index (Phi) is 8.91. The van der Waals surface area contributed by atoms with Crippen LogP contribution in [0.1, 0.15) is 49.9 Å². The molecule has 3 nitrogen and oxygen atoms in total. The van der Waals surface area contributed by atoms with E-state index < -0.39 is 0 Å². The van der Waals surface area contributed by atoms with Crippen molar-refractivity contribution in [2.75, 3.05) is 6.61 Å². The van der Waals surface area contributed by atoms with Crippen LogP contribution in [0.15, 0.2) is 115 Å². The van der Waals surface area contributed by atoms with Crippen LogP contribution in [0.4, 0.5) is 0 Å². The van der Waals surface area contributed by atoms with Crippen molar-refractivity contribution in [2.45, 2.75) is 20.8 Å². The molecular formula is C32H30O3. The minimum Gasteiger partial charge on any atom is -0.489 e. The van der Waals surface area contributed by atoms with Gasteiger partial charge in [-0.15, -0.1) is 0 Å². The average molecular weight is 463 g/mol. The molecule has 0 heterocycles. The molecule has 0 unspecified atom stereocenters. The predicted octanol–water partition coefficient (Wildman–Crippen LogP) is 7.41. The second-order valence-electron chi connectivity index (χ2n) is 8.53. The van der Waals surface area contributed by atoms with Gasteiger partial charge < -0.3 is 4.74 Å². The fourth-order valence-corrected chi connectivity index (χ4v) is 3.24. The van der Waals surface area contributed by atoms with Crippen LogP contribution in [-0.4, -0.2) is 18.2 Å². The first kappa shape index (κ1) is 25.4.